The van der Waals surface area contributed by atoms with E-state index in [1.54, 1.807) is 23.1 Å². The first-order valence-corrected chi connectivity index (χ1v) is 8.92. The van der Waals surface area contributed by atoms with Gasteiger partial charge in [0.1, 0.15) is 4.32 Å². The molecule has 1 atom stereocenters. The SMILES string of the molecule is COc1cc(/C=C2/SC(=S)N(C(C)c3ccccc3)C2=O)ccc1O. The summed E-state index contributed by atoms with van der Waals surface area (Å²) in [5.74, 6) is 0.310. The van der Waals surface area contributed by atoms with E-state index in [0.29, 0.717) is 15.0 Å². The summed E-state index contributed by atoms with van der Waals surface area (Å²) >= 11 is 6.70. The van der Waals surface area contributed by atoms with Gasteiger partial charge in [-0.3, -0.25) is 9.69 Å². The number of phenolic OH excluding ortho intramolecular Hbond substituents is 1. The third-order valence-corrected chi connectivity index (χ3v) is 5.32. The first-order chi connectivity index (χ1) is 12.0. The van der Waals surface area contributed by atoms with Gasteiger partial charge in [-0.2, -0.15) is 0 Å². The number of phenols is 1. The molecular weight excluding hydrogens is 354 g/mol. The monoisotopic (exact) mass is 371 g/mol. The fourth-order valence-electron chi connectivity index (χ4n) is 2.63. The Balaban J connectivity index is 1.88. The van der Waals surface area contributed by atoms with Crippen molar-refractivity contribution in [1.82, 2.24) is 4.90 Å². The van der Waals surface area contributed by atoms with Crippen molar-refractivity contribution in [2.75, 3.05) is 7.11 Å². The summed E-state index contributed by atoms with van der Waals surface area (Å²) in [5, 5.41) is 9.68. The lowest BCUT2D eigenvalue weighted by atomic mass is 10.1. The summed E-state index contributed by atoms with van der Waals surface area (Å²) in [5.41, 5.74) is 1.80. The maximum atomic E-state index is 12.8. The number of aromatic hydroxyl groups is 1. The first kappa shape index (κ1) is 17.5. The van der Waals surface area contributed by atoms with Crippen LogP contribution < -0.4 is 4.74 Å². The molecule has 0 bridgehead atoms. The van der Waals surface area contributed by atoms with Crippen LogP contribution in [0.3, 0.4) is 0 Å². The predicted octanol–water partition coefficient (Wildman–Crippen LogP) is 4.36. The average molecular weight is 371 g/mol. The third kappa shape index (κ3) is 3.55. The molecule has 0 aliphatic carbocycles. The van der Waals surface area contributed by atoms with Crippen molar-refractivity contribution in [3.05, 3.63) is 64.6 Å². The fraction of sp³-hybridized carbons (Fsp3) is 0.158. The third-order valence-electron chi connectivity index (χ3n) is 3.99. The molecule has 0 radical (unpaired) electrons. The smallest absolute Gasteiger partial charge is 0.266 e. The van der Waals surface area contributed by atoms with Gasteiger partial charge in [-0.1, -0.05) is 60.4 Å². The summed E-state index contributed by atoms with van der Waals surface area (Å²) in [6.45, 7) is 1.96. The molecule has 1 saturated heterocycles. The van der Waals surface area contributed by atoms with Crippen molar-refractivity contribution in [3.63, 3.8) is 0 Å². The number of nitrogens with zero attached hydrogens (tertiary/aromatic N) is 1. The Kier molecular flexibility index (Phi) is 5.11. The molecule has 1 aliphatic heterocycles. The average Bonchev–Trinajstić information content (AvgIpc) is 2.90. The highest BCUT2D eigenvalue weighted by molar-refractivity contribution is 8.26. The Morgan fingerprint density at radius 2 is 1.96 bits per heavy atom. The maximum absolute atomic E-state index is 12.8. The number of benzene rings is 2. The van der Waals surface area contributed by atoms with Gasteiger partial charge in [0.25, 0.3) is 5.91 Å². The highest BCUT2D eigenvalue weighted by atomic mass is 32.2. The number of thioether (sulfide) groups is 1. The minimum atomic E-state index is -0.131. The molecule has 25 heavy (non-hydrogen) atoms. The molecule has 128 valence electrons. The van der Waals surface area contributed by atoms with Crippen LogP contribution in [0.1, 0.15) is 24.1 Å². The number of amides is 1. The van der Waals surface area contributed by atoms with E-state index in [9.17, 15) is 9.90 Å². The molecule has 2 aromatic rings. The van der Waals surface area contributed by atoms with Crippen molar-refractivity contribution in [2.24, 2.45) is 0 Å². The molecule has 3 rings (SSSR count). The standard InChI is InChI=1S/C19H17NO3S2/c1-12(14-6-4-3-5-7-14)20-18(22)17(25-19(20)24)11-13-8-9-15(21)16(10-13)23-2/h3-12,21H,1-2H3/b17-11+. The summed E-state index contributed by atoms with van der Waals surface area (Å²) in [4.78, 5) is 15.0. The lowest BCUT2D eigenvalue weighted by molar-refractivity contribution is -0.123. The zero-order valence-corrected chi connectivity index (χ0v) is 15.4. The Morgan fingerprint density at radius 3 is 2.64 bits per heavy atom. The van der Waals surface area contributed by atoms with Crippen molar-refractivity contribution in [3.8, 4) is 11.5 Å². The van der Waals surface area contributed by atoms with E-state index in [1.807, 2.05) is 37.3 Å². The van der Waals surface area contributed by atoms with Crippen LogP contribution in [0.25, 0.3) is 6.08 Å². The molecule has 2 aromatic carbocycles. The Morgan fingerprint density at radius 1 is 1.24 bits per heavy atom. The molecule has 0 spiro atoms. The maximum Gasteiger partial charge on any atom is 0.266 e. The second-order valence-corrected chi connectivity index (χ2v) is 7.25. The Labute approximate surface area is 156 Å². The quantitative estimate of drug-likeness (QED) is 0.639. The number of thiocarbonyl (C=S) groups is 1. The lowest BCUT2D eigenvalue weighted by Crippen LogP contribution is -2.30. The number of hydrogen-bond acceptors (Lipinski definition) is 5. The molecule has 0 aromatic heterocycles. The summed E-state index contributed by atoms with van der Waals surface area (Å²) in [6.07, 6.45) is 1.76. The second-order valence-electron chi connectivity index (χ2n) is 5.57. The van der Waals surface area contributed by atoms with E-state index in [0.717, 1.165) is 11.1 Å². The number of carbonyl (C=O) groups excluding carboxylic acids is 1. The summed E-state index contributed by atoms with van der Waals surface area (Å²) in [6, 6.07) is 14.6. The molecule has 1 aliphatic rings. The van der Waals surface area contributed by atoms with Crippen LogP contribution in [0.2, 0.25) is 0 Å². The van der Waals surface area contributed by atoms with E-state index in [4.69, 9.17) is 17.0 Å². The van der Waals surface area contributed by atoms with Crippen LogP contribution >= 0.6 is 24.0 Å². The van der Waals surface area contributed by atoms with Gasteiger partial charge in [-0.05, 0) is 36.3 Å². The molecule has 1 unspecified atom stereocenters. The molecule has 0 saturated carbocycles. The van der Waals surface area contributed by atoms with Gasteiger partial charge in [0, 0.05) is 0 Å². The fourth-order valence-corrected chi connectivity index (χ4v) is 4.05. The van der Waals surface area contributed by atoms with Crippen LogP contribution in [0.4, 0.5) is 0 Å². The second kappa shape index (κ2) is 7.29. The van der Waals surface area contributed by atoms with Gasteiger partial charge in [0.2, 0.25) is 0 Å². The van der Waals surface area contributed by atoms with Crippen molar-refractivity contribution < 1.29 is 14.6 Å². The van der Waals surface area contributed by atoms with Gasteiger partial charge >= 0.3 is 0 Å². The van der Waals surface area contributed by atoms with Crippen molar-refractivity contribution in [2.45, 2.75) is 13.0 Å². The number of methoxy groups -OCH3 is 1. The van der Waals surface area contributed by atoms with Crippen LogP contribution in [-0.2, 0) is 4.79 Å². The number of hydrogen-bond donors (Lipinski definition) is 1. The number of carbonyl (C=O) groups is 1. The van der Waals surface area contributed by atoms with Gasteiger partial charge < -0.3 is 9.84 Å². The van der Waals surface area contributed by atoms with Gasteiger partial charge in [-0.25, -0.2) is 0 Å². The minimum Gasteiger partial charge on any atom is -0.504 e. The molecular formula is C19H17NO3S2. The Bertz CT molecular complexity index is 849. The molecule has 6 heteroatoms. The van der Waals surface area contributed by atoms with Crippen LogP contribution in [0.5, 0.6) is 11.5 Å². The highest BCUT2D eigenvalue weighted by Crippen LogP contribution is 2.38. The predicted molar refractivity (Wildman–Crippen MR) is 105 cm³/mol. The lowest BCUT2D eigenvalue weighted by Gasteiger charge is -2.23. The normalized spacial score (nSPS) is 17.2. The van der Waals surface area contributed by atoms with E-state index in [-0.39, 0.29) is 17.7 Å². The van der Waals surface area contributed by atoms with Gasteiger partial charge in [0.15, 0.2) is 11.5 Å². The number of rotatable bonds is 4. The van der Waals surface area contributed by atoms with Crippen LogP contribution in [0, 0.1) is 0 Å². The topological polar surface area (TPSA) is 49.8 Å². The molecule has 1 amide bonds. The van der Waals surface area contributed by atoms with Crippen molar-refractivity contribution >= 4 is 40.3 Å². The molecule has 1 fully saturated rings. The van der Waals surface area contributed by atoms with Crippen LogP contribution in [0.15, 0.2) is 53.4 Å². The zero-order chi connectivity index (χ0) is 18.0. The highest BCUT2D eigenvalue weighted by Gasteiger charge is 2.35. The van der Waals surface area contributed by atoms with Gasteiger partial charge in [0.05, 0.1) is 18.1 Å². The van der Waals surface area contributed by atoms with Gasteiger partial charge in [-0.15, -0.1) is 0 Å². The number of ether oxygens (including phenoxy) is 1. The summed E-state index contributed by atoms with van der Waals surface area (Å²) in [7, 11) is 1.49. The van der Waals surface area contributed by atoms with E-state index in [1.165, 1.54) is 24.9 Å². The van der Waals surface area contributed by atoms with E-state index >= 15 is 0 Å². The molecule has 1 heterocycles. The molecule has 1 N–H and O–H groups in total. The first-order valence-electron chi connectivity index (χ1n) is 7.70. The summed E-state index contributed by atoms with van der Waals surface area (Å²) < 4.78 is 5.65. The minimum absolute atomic E-state index is 0.0601. The van der Waals surface area contributed by atoms with E-state index in [2.05, 4.69) is 0 Å². The zero-order valence-electron chi connectivity index (χ0n) is 13.8. The Hall–Kier alpha value is -2.31. The van der Waals surface area contributed by atoms with Crippen molar-refractivity contribution in [1.29, 1.82) is 0 Å². The molecule has 4 nitrogen and oxygen atoms in total. The van der Waals surface area contributed by atoms with Crippen LogP contribution in [-0.4, -0.2) is 27.3 Å². The largest absolute Gasteiger partial charge is 0.504 e. The van der Waals surface area contributed by atoms with E-state index < -0.39 is 0 Å².